The van der Waals surface area contributed by atoms with Crippen molar-refractivity contribution in [3.63, 3.8) is 0 Å². The molecule has 6 heteroatoms. The fourth-order valence-corrected chi connectivity index (χ4v) is 2.79. The smallest absolute Gasteiger partial charge is 0.224 e. The molecule has 2 N–H and O–H groups in total. The number of halogens is 2. The van der Waals surface area contributed by atoms with E-state index in [1.54, 1.807) is 24.3 Å². The van der Waals surface area contributed by atoms with Gasteiger partial charge in [0.05, 0.1) is 6.42 Å². The summed E-state index contributed by atoms with van der Waals surface area (Å²) in [6, 6.07) is 12.1. The van der Waals surface area contributed by atoms with Crippen LogP contribution >= 0.6 is 15.9 Å². The molecule has 26 heavy (non-hydrogen) atoms. The van der Waals surface area contributed by atoms with E-state index < -0.39 is 0 Å². The Labute approximate surface area is 161 Å². The fourth-order valence-electron chi connectivity index (χ4n) is 2.46. The van der Waals surface area contributed by atoms with Gasteiger partial charge in [-0.25, -0.2) is 4.39 Å². The Balaban J connectivity index is 1.84. The van der Waals surface area contributed by atoms with Gasteiger partial charge in [0.1, 0.15) is 5.82 Å². The van der Waals surface area contributed by atoms with Crippen LogP contribution in [0.15, 0.2) is 46.9 Å². The van der Waals surface area contributed by atoms with Crippen molar-refractivity contribution in [3.8, 4) is 0 Å². The lowest BCUT2D eigenvalue weighted by atomic mass is 10.1. The van der Waals surface area contributed by atoms with Crippen molar-refractivity contribution in [2.45, 2.75) is 39.2 Å². The Morgan fingerprint density at radius 2 is 1.77 bits per heavy atom. The predicted octanol–water partition coefficient (Wildman–Crippen LogP) is 4.23. The number of rotatable bonds is 7. The molecule has 0 aliphatic carbocycles. The predicted molar refractivity (Wildman–Crippen MR) is 104 cm³/mol. The first-order valence-electron chi connectivity index (χ1n) is 8.45. The van der Waals surface area contributed by atoms with Crippen LogP contribution in [0, 0.1) is 5.82 Å². The van der Waals surface area contributed by atoms with Crippen LogP contribution in [0.25, 0.3) is 0 Å². The second kappa shape index (κ2) is 9.48. The standard InChI is InChI=1S/C20H22BrFN2O2/c1-13(2)23-20(26)11-14-3-8-17(9-4-14)24-19(25)10-6-15-5-7-16(21)12-18(15)22/h3-5,7-9,12-13H,6,10-11H2,1-2H3,(H,23,26)(H,24,25). The summed E-state index contributed by atoms with van der Waals surface area (Å²) in [5, 5.41) is 5.62. The van der Waals surface area contributed by atoms with Gasteiger partial charge in [0.15, 0.2) is 0 Å². The minimum Gasteiger partial charge on any atom is -0.354 e. The zero-order valence-electron chi connectivity index (χ0n) is 14.8. The lowest BCUT2D eigenvalue weighted by molar-refractivity contribution is -0.121. The molecule has 0 fully saturated rings. The summed E-state index contributed by atoms with van der Waals surface area (Å²) >= 11 is 3.21. The number of benzene rings is 2. The molecule has 0 unspecified atom stereocenters. The molecular formula is C20H22BrFN2O2. The van der Waals surface area contributed by atoms with E-state index in [0.717, 1.165) is 5.56 Å². The maximum absolute atomic E-state index is 13.8. The average molecular weight is 421 g/mol. The Kier molecular flexibility index (Phi) is 7.33. The number of nitrogens with one attached hydrogen (secondary N) is 2. The third-order valence-electron chi connectivity index (χ3n) is 3.69. The fraction of sp³-hybridized carbons (Fsp3) is 0.300. The highest BCUT2D eigenvalue weighted by molar-refractivity contribution is 9.10. The second-order valence-corrected chi connectivity index (χ2v) is 7.30. The Morgan fingerprint density at radius 3 is 2.38 bits per heavy atom. The van der Waals surface area contributed by atoms with Gasteiger partial charge >= 0.3 is 0 Å². The number of carbonyl (C=O) groups is 2. The minimum absolute atomic E-state index is 0.0340. The molecule has 0 spiro atoms. The number of aryl methyl sites for hydroxylation is 1. The van der Waals surface area contributed by atoms with Crippen molar-refractivity contribution >= 4 is 33.4 Å². The lowest BCUT2D eigenvalue weighted by Gasteiger charge is -2.09. The molecular weight excluding hydrogens is 399 g/mol. The normalized spacial score (nSPS) is 10.7. The SMILES string of the molecule is CC(C)NC(=O)Cc1ccc(NC(=O)CCc2ccc(Br)cc2F)cc1. The van der Waals surface area contributed by atoms with Gasteiger partial charge in [-0.2, -0.15) is 0 Å². The summed E-state index contributed by atoms with van der Waals surface area (Å²) in [7, 11) is 0. The zero-order valence-corrected chi connectivity index (χ0v) is 16.4. The second-order valence-electron chi connectivity index (χ2n) is 6.38. The summed E-state index contributed by atoms with van der Waals surface area (Å²) in [6.45, 7) is 3.83. The molecule has 2 amide bonds. The molecule has 0 aliphatic rings. The van der Waals surface area contributed by atoms with E-state index >= 15 is 0 Å². The molecule has 0 atom stereocenters. The summed E-state index contributed by atoms with van der Waals surface area (Å²) < 4.78 is 14.4. The third-order valence-corrected chi connectivity index (χ3v) is 4.18. The largest absolute Gasteiger partial charge is 0.354 e. The lowest BCUT2D eigenvalue weighted by Crippen LogP contribution is -2.31. The van der Waals surface area contributed by atoms with Crippen LogP contribution in [-0.4, -0.2) is 17.9 Å². The quantitative estimate of drug-likeness (QED) is 0.703. The van der Waals surface area contributed by atoms with Gasteiger partial charge in [-0.15, -0.1) is 0 Å². The van der Waals surface area contributed by atoms with Gasteiger partial charge in [0.2, 0.25) is 11.8 Å². The molecule has 2 aromatic rings. The van der Waals surface area contributed by atoms with Gasteiger partial charge in [-0.1, -0.05) is 34.1 Å². The maximum atomic E-state index is 13.8. The summed E-state index contributed by atoms with van der Waals surface area (Å²) in [5.74, 6) is -0.540. The van der Waals surface area contributed by atoms with Crippen molar-refractivity contribution in [2.75, 3.05) is 5.32 Å². The summed E-state index contributed by atoms with van der Waals surface area (Å²) in [5.41, 5.74) is 2.03. The number of carbonyl (C=O) groups excluding carboxylic acids is 2. The van der Waals surface area contributed by atoms with Gasteiger partial charge in [0.25, 0.3) is 0 Å². The Bertz CT molecular complexity index is 776. The molecule has 4 nitrogen and oxygen atoms in total. The first-order chi connectivity index (χ1) is 12.3. The van der Waals surface area contributed by atoms with E-state index in [1.165, 1.54) is 6.07 Å². The highest BCUT2D eigenvalue weighted by Crippen LogP contribution is 2.17. The topological polar surface area (TPSA) is 58.2 Å². The Hall–Kier alpha value is -2.21. The van der Waals surface area contributed by atoms with Gasteiger partial charge in [-0.05, 0) is 55.7 Å². The molecule has 0 bridgehead atoms. The molecule has 0 aliphatic heterocycles. The van der Waals surface area contributed by atoms with Gasteiger partial charge in [0, 0.05) is 22.6 Å². The van der Waals surface area contributed by atoms with Crippen LogP contribution in [0.4, 0.5) is 10.1 Å². The van der Waals surface area contributed by atoms with Crippen LogP contribution in [0.2, 0.25) is 0 Å². The maximum Gasteiger partial charge on any atom is 0.224 e. The molecule has 0 heterocycles. The van der Waals surface area contributed by atoms with Gasteiger partial charge in [-0.3, -0.25) is 9.59 Å². The zero-order chi connectivity index (χ0) is 19.1. The van der Waals surface area contributed by atoms with E-state index in [-0.39, 0.29) is 30.1 Å². The molecule has 0 radical (unpaired) electrons. The van der Waals surface area contributed by atoms with Crippen molar-refractivity contribution in [3.05, 3.63) is 63.9 Å². The molecule has 0 saturated carbocycles. The van der Waals surface area contributed by atoms with E-state index in [2.05, 4.69) is 26.6 Å². The number of hydrogen-bond donors (Lipinski definition) is 2. The third kappa shape index (κ3) is 6.59. The first kappa shape index (κ1) is 20.1. The minimum atomic E-state index is -0.323. The van der Waals surface area contributed by atoms with Crippen molar-refractivity contribution in [2.24, 2.45) is 0 Å². The molecule has 2 aromatic carbocycles. The van der Waals surface area contributed by atoms with E-state index in [9.17, 15) is 14.0 Å². The van der Waals surface area contributed by atoms with Crippen LogP contribution in [0.5, 0.6) is 0 Å². The average Bonchev–Trinajstić information content (AvgIpc) is 2.55. The number of hydrogen-bond acceptors (Lipinski definition) is 2. The van der Waals surface area contributed by atoms with Crippen LogP contribution in [0.3, 0.4) is 0 Å². The van der Waals surface area contributed by atoms with E-state index in [4.69, 9.17) is 0 Å². The van der Waals surface area contributed by atoms with Crippen molar-refractivity contribution in [1.82, 2.24) is 5.32 Å². The summed E-state index contributed by atoms with van der Waals surface area (Å²) in [6.07, 6.45) is 0.824. The molecule has 2 rings (SSSR count). The van der Waals surface area contributed by atoms with E-state index in [1.807, 2.05) is 26.0 Å². The summed E-state index contributed by atoms with van der Waals surface area (Å²) in [4.78, 5) is 23.8. The van der Waals surface area contributed by atoms with Crippen LogP contribution in [-0.2, 0) is 22.4 Å². The number of anilines is 1. The molecule has 0 aromatic heterocycles. The first-order valence-corrected chi connectivity index (χ1v) is 9.25. The highest BCUT2D eigenvalue weighted by Gasteiger charge is 2.08. The van der Waals surface area contributed by atoms with Gasteiger partial charge < -0.3 is 10.6 Å². The van der Waals surface area contributed by atoms with Crippen molar-refractivity contribution < 1.29 is 14.0 Å². The van der Waals surface area contributed by atoms with E-state index in [0.29, 0.717) is 28.6 Å². The van der Waals surface area contributed by atoms with Crippen LogP contribution < -0.4 is 10.6 Å². The monoisotopic (exact) mass is 420 g/mol. The Morgan fingerprint density at radius 1 is 1.08 bits per heavy atom. The highest BCUT2D eigenvalue weighted by atomic mass is 79.9. The number of amides is 2. The van der Waals surface area contributed by atoms with Crippen LogP contribution in [0.1, 0.15) is 31.4 Å². The molecule has 0 saturated heterocycles. The van der Waals surface area contributed by atoms with Crippen molar-refractivity contribution in [1.29, 1.82) is 0 Å². The molecule has 138 valence electrons.